The van der Waals surface area contributed by atoms with E-state index in [-0.39, 0.29) is 18.0 Å². The van der Waals surface area contributed by atoms with E-state index in [4.69, 9.17) is 0 Å². The van der Waals surface area contributed by atoms with E-state index in [1.165, 1.54) is 10.4 Å². The molecule has 136 valence electrons. The second kappa shape index (κ2) is 7.55. The van der Waals surface area contributed by atoms with Gasteiger partial charge in [-0.15, -0.1) is 0 Å². The number of benzene rings is 2. The van der Waals surface area contributed by atoms with E-state index in [0.29, 0.717) is 11.3 Å². The van der Waals surface area contributed by atoms with Crippen molar-refractivity contribution in [2.75, 3.05) is 23.7 Å². The zero-order valence-electron chi connectivity index (χ0n) is 14.4. The van der Waals surface area contributed by atoms with E-state index >= 15 is 0 Å². The second-order valence-electron chi connectivity index (χ2n) is 5.78. The third kappa shape index (κ3) is 4.81. The number of hydrogen-bond acceptors (Lipinski definition) is 4. The number of aryl methyl sites for hydroxylation is 2. The first-order valence-electron chi connectivity index (χ1n) is 7.71. The van der Waals surface area contributed by atoms with Gasteiger partial charge in [0.05, 0.1) is 16.8 Å². The van der Waals surface area contributed by atoms with Crippen molar-refractivity contribution in [2.45, 2.75) is 18.7 Å². The molecule has 0 fully saturated rings. The molecule has 0 unspecified atom stereocenters. The number of nitrogens with one attached hydrogen (secondary N) is 1. The highest BCUT2D eigenvalue weighted by Crippen LogP contribution is 2.21. The zero-order chi connectivity index (χ0) is 18.7. The molecule has 2 rings (SSSR count). The number of sulfonamides is 2. The van der Waals surface area contributed by atoms with Crippen LogP contribution in [0, 0.1) is 13.8 Å². The number of para-hydroxylation sites is 1. The summed E-state index contributed by atoms with van der Waals surface area (Å²) in [6.07, 6.45) is 1.11. The molecule has 6 nitrogen and oxygen atoms in total. The lowest BCUT2D eigenvalue weighted by Crippen LogP contribution is -2.38. The van der Waals surface area contributed by atoms with Crippen molar-refractivity contribution < 1.29 is 16.8 Å². The van der Waals surface area contributed by atoms with E-state index in [9.17, 15) is 16.8 Å². The van der Waals surface area contributed by atoms with Gasteiger partial charge >= 0.3 is 0 Å². The minimum absolute atomic E-state index is 0.00873. The third-order valence-electron chi connectivity index (χ3n) is 3.77. The standard InChI is InChI=1S/C17H22N2O4S2/c1-14-8-4-6-10-16(14)19(24(3,20)21)13-12-18-25(22,23)17-11-7-5-9-15(17)2/h4-11,18H,12-13H2,1-3H3. The Morgan fingerprint density at radius 1 is 0.880 bits per heavy atom. The lowest BCUT2D eigenvalue weighted by atomic mass is 10.2. The van der Waals surface area contributed by atoms with Gasteiger partial charge in [-0.05, 0) is 37.1 Å². The smallest absolute Gasteiger partial charge is 0.240 e. The van der Waals surface area contributed by atoms with Gasteiger partial charge in [-0.25, -0.2) is 21.6 Å². The van der Waals surface area contributed by atoms with Gasteiger partial charge in [0.25, 0.3) is 0 Å². The summed E-state index contributed by atoms with van der Waals surface area (Å²) in [7, 11) is -7.23. The summed E-state index contributed by atoms with van der Waals surface area (Å²) < 4.78 is 52.7. The maximum absolute atomic E-state index is 12.4. The van der Waals surface area contributed by atoms with Crippen LogP contribution in [0.15, 0.2) is 53.4 Å². The van der Waals surface area contributed by atoms with Crippen molar-refractivity contribution in [2.24, 2.45) is 0 Å². The molecule has 0 aliphatic rings. The third-order valence-corrected chi connectivity index (χ3v) is 6.58. The first-order valence-corrected chi connectivity index (χ1v) is 11.0. The highest BCUT2D eigenvalue weighted by molar-refractivity contribution is 7.92. The molecule has 0 aliphatic carbocycles. The van der Waals surface area contributed by atoms with Crippen LogP contribution in [-0.4, -0.2) is 36.2 Å². The molecule has 0 saturated heterocycles. The first-order chi connectivity index (χ1) is 11.6. The van der Waals surface area contributed by atoms with Crippen LogP contribution in [0.25, 0.3) is 0 Å². The van der Waals surface area contributed by atoms with E-state index in [1.54, 1.807) is 37.3 Å². The van der Waals surface area contributed by atoms with Crippen LogP contribution in [0.4, 0.5) is 5.69 Å². The average molecular weight is 383 g/mol. The van der Waals surface area contributed by atoms with Gasteiger partial charge in [0.2, 0.25) is 20.0 Å². The number of anilines is 1. The minimum Gasteiger partial charge on any atom is -0.269 e. The summed E-state index contributed by atoms with van der Waals surface area (Å²) in [4.78, 5) is 0.191. The molecule has 2 aromatic carbocycles. The Kier molecular flexibility index (Phi) is 5.87. The van der Waals surface area contributed by atoms with E-state index in [1.807, 2.05) is 19.1 Å². The van der Waals surface area contributed by atoms with Crippen LogP contribution < -0.4 is 9.03 Å². The minimum atomic E-state index is -3.70. The summed E-state index contributed by atoms with van der Waals surface area (Å²) in [6, 6.07) is 13.7. The molecule has 1 N–H and O–H groups in total. The van der Waals surface area contributed by atoms with Gasteiger partial charge in [0, 0.05) is 13.1 Å². The molecule has 0 aliphatic heterocycles. The molecule has 0 spiro atoms. The maximum Gasteiger partial charge on any atom is 0.240 e. The molecular formula is C17H22N2O4S2. The van der Waals surface area contributed by atoms with Crippen LogP contribution in [0.2, 0.25) is 0 Å². The molecule has 0 amide bonds. The van der Waals surface area contributed by atoms with Crippen molar-refractivity contribution >= 4 is 25.7 Å². The molecule has 25 heavy (non-hydrogen) atoms. The van der Waals surface area contributed by atoms with Crippen molar-refractivity contribution in [3.63, 3.8) is 0 Å². The van der Waals surface area contributed by atoms with Crippen LogP contribution in [-0.2, 0) is 20.0 Å². The number of rotatable bonds is 7. The van der Waals surface area contributed by atoms with Gasteiger partial charge in [-0.3, -0.25) is 4.31 Å². The predicted octanol–water partition coefficient (Wildman–Crippen LogP) is 2.05. The van der Waals surface area contributed by atoms with Crippen molar-refractivity contribution in [3.8, 4) is 0 Å². The fourth-order valence-corrected chi connectivity index (χ4v) is 4.78. The largest absolute Gasteiger partial charge is 0.269 e. The second-order valence-corrected chi connectivity index (χ2v) is 9.43. The van der Waals surface area contributed by atoms with E-state index in [2.05, 4.69) is 4.72 Å². The molecular weight excluding hydrogens is 360 g/mol. The highest BCUT2D eigenvalue weighted by atomic mass is 32.2. The van der Waals surface area contributed by atoms with Gasteiger partial charge in [-0.2, -0.15) is 0 Å². The highest BCUT2D eigenvalue weighted by Gasteiger charge is 2.21. The van der Waals surface area contributed by atoms with Gasteiger partial charge < -0.3 is 0 Å². The number of nitrogens with zero attached hydrogens (tertiary/aromatic N) is 1. The quantitative estimate of drug-likeness (QED) is 0.794. The SMILES string of the molecule is Cc1ccccc1N(CCNS(=O)(=O)c1ccccc1C)S(C)(=O)=O. The van der Waals surface area contributed by atoms with Crippen LogP contribution >= 0.6 is 0 Å². The Balaban J connectivity index is 2.18. The lowest BCUT2D eigenvalue weighted by molar-refractivity contribution is 0.578. The molecule has 0 aromatic heterocycles. The molecule has 8 heteroatoms. The average Bonchev–Trinajstić information content (AvgIpc) is 2.52. The Hall–Kier alpha value is -1.90. The fourth-order valence-electron chi connectivity index (χ4n) is 2.53. The summed E-state index contributed by atoms with van der Waals surface area (Å²) in [5.41, 5.74) is 1.98. The Labute approximate surface area is 149 Å². The molecule has 0 heterocycles. The van der Waals surface area contributed by atoms with Gasteiger partial charge in [0.1, 0.15) is 0 Å². The van der Waals surface area contributed by atoms with Crippen molar-refractivity contribution in [1.29, 1.82) is 0 Å². The summed E-state index contributed by atoms with van der Waals surface area (Å²) in [6.45, 7) is 3.50. The molecule has 0 radical (unpaired) electrons. The predicted molar refractivity (Wildman–Crippen MR) is 99.7 cm³/mol. The van der Waals surface area contributed by atoms with Crippen molar-refractivity contribution in [3.05, 3.63) is 59.7 Å². The summed E-state index contributed by atoms with van der Waals surface area (Å²) in [5.74, 6) is 0. The van der Waals surface area contributed by atoms with Gasteiger partial charge in [-0.1, -0.05) is 36.4 Å². The van der Waals surface area contributed by atoms with E-state index in [0.717, 1.165) is 11.8 Å². The molecule has 0 bridgehead atoms. The topological polar surface area (TPSA) is 83.6 Å². The van der Waals surface area contributed by atoms with E-state index < -0.39 is 20.0 Å². The zero-order valence-corrected chi connectivity index (χ0v) is 16.1. The molecule has 0 saturated carbocycles. The molecule has 0 atom stereocenters. The summed E-state index contributed by atoms with van der Waals surface area (Å²) in [5, 5.41) is 0. The normalized spacial score (nSPS) is 12.1. The van der Waals surface area contributed by atoms with Gasteiger partial charge in [0.15, 0.2) is 0 Å². The van der Waals surface area contributed by atoms with Crippen molar-refractivity contribution in [1.82, 2.24) is 4.72 Å². The van der Waals surface area contributed by atoms with Crippen LogP contribution in [0.1, 0.15) is 11.1 Å². The summed E-state index contributed by atoms with van der Waals surface area (Å²) >= 11 is 0. The molecule has 2 aromatic rings. The fraction of sp³-hybridized carbons (Fsp3) is 0.294. The van der Waals surface area contributed by atoms with Crippen LogP contribution in [0.3, 0.4) is 0 Å². The van der Waals surface area contributed by atoms with Crippen LogP contribution in [0.5, 0.6) is 0 Å². The monoisotopic (exact) mass is 382 g/mol. The number of hydrogen-bond donors (Lipinski definition) is 1. The Morgan fingerprint density at radius 3 is 2.00 bits per heavy atom. The lowest BCUT2D eigenvalue weighted by Gasteiger charge is -2.24. The Morgan fingerprint density at radius 2 is 1.44 bits per heavy atom. The first kappa shape index (κ1) is 19.4. The maximum atomic E-state index is 12.4. The Bertz CT molecular complexity index is 954.